The Morgan fingerprint density at radius 3 is 2.57 bits per heavy atom. The number of ether oxygens (including phenoxy) is 1. The topological polar surface area (TPSA) is 63.2 Å². The van der Waals surface area contributed by atoms with Crippen molar-refractivity contribution in [1.29, 1.82) is 5.26 Å². The molecular formula is C22H23Cl2NO3. The minimum atomic E-state index is -0.636. The Bertz CT molecular complexity index is 865. The number of furan rings is 1. The number of rotatable bonds is 10. The molecule has 0 unspecified atom stereocenters. The van der Waals surface area contributed by atoms with E-state index in [9.17, 15) is 10.1 Å². The van der Waals surface area contributed by atoms with Crippen LogP contribution in [0.1, 0.15) is 51.2 Å². The third kappa shape index (κ3) is 6.74. The van der Waals surface area contributed by atoms with Crippen LogP contribution in [-0.2, 0) is 9.53 Å². The highest BCUT2D eigenvalue weighted by atomic mass is 35.5. The minimum absolute atomic E-state index is 0.0963. The molecule has 0 amide bonds. The SMILES string of the molecule is CCCCCCCCOC(=O)/C(C#N)=C/c1ccc(-c2ccc(Cl)c(Cl)c2)o1. The molecule has 0 fully saturated rings. The molecule has 0 N–H and O–H groups in total. The predicted molar refractivity (Wildman–Crippen MR) is 112 cm³/mol. The van der Waals surface area contributed by atoms with E-state index in [0.717, 1.165) is 24.8 Å². The molecule has 6 heteroatoms. The molecule has 148 valence electrons. The maximum atomic E-state index is 12.1. The van der Waals surface area contributed by atoms with Crippen LogP contribution >= 0.6 is 23.2 Å². The smallest absolute Gasteiger partial charge is 0.349 e. The molecule has 0 saturated heterocycles. The molecule has 0 aliphatic rings. The minimum Gasteiger partial charge on any atom is -0.462 e. The van der Waals surface area contributed by atoms with E-state index < -0.39 is 5.97 Å². The highest BCUT2D eigenvalue weighted by Crippen LogP contribution is 2.30. The van der Waals surface area contributed by atoms with Crippen LogP contribution in [0.5, 0.6) is 0 Å². The number of esters is 1. The molecule has 28 heavy (non-hydrogen) atoms. The molecule has 0 bridgehead atoms. The van der Waals surface area contributed by atoms with Crippen LogP contribution in [-0.4, -0.2) is 12.6 Å². The van der Waals surface area contributed by atoms with E-state index in [1.54, 1.807) is 30.3 Å². The maximum Gasteiger partial charge on any atom is 0.349 e. The Morgan fingerprint density at radius 2 is 1.86 bits per heavy atom. The lowest BCUT2D eigenvalue weighted by Crippen LogP contribution is -2.07. The number of nitrogens with zero attached hydrogens (tertiary/aromatic N) is 1. The Kier molecular flexibility index (Phi) is 9.13. The number of carbonyl (C=O) groups excluding carboxylic acids is 1. The molecule has 2 rings (SSSR count). The molecule has 0 aliphatic heterocycles. The van der Waals surface area contributed by atoms with Crippen molar-refractivity contribution < 1.29 is 13.9 Å². The first-order valence-electron chi connectivity index (χ1n) is 9.39. The average Bonchev–Trinajstić information content (AvgIpc) is 3.16. The quantitative estimate of drug-likeness (QED) is 0.179. The molecule has 0 radical (unpaired) electrons. The highest BCUT2D eigenvalue weighted by Gasteiger charge is 2.13. The van der Waals surface area contributed by atoms with E-state index in [1.165, 1.54) is 25.3 Å². The zero-order valence-corrected chi connectivity index (χ0v) is 17.4. The molecule has 1 aromatic carbocycles. The molecule has 1 aromatic heterocycles. The van der Waals surface area contributed by atoms with Gasteiger partial charge in [0.25, 0.3) is 0 Å². The van der Waals surface area contributed by atoms with E-state index in [-0.39, 0.29) is 5.57 Å². The summed E-state index contributed by atoms with van der Waals surface area (Å²) in [6.45, 7) is 2.49. The zero-order valence-electron chi connectivity index (χ0n) is 15.8. The van der Waals surface area contributed by atoms with Crippen molar-refractivity contribution in [1.82, 2.24) is 0 Å². The third-order valence-electron chi connectivity index (χ3n) is 4.19. The highest BCUT2D eigenvalue weighted by molar-refractivity contribution is 6.42. The van der Waals surface area contributed by atoms with Gasteiger partial charge in [-0.2, -0.15) is 5.26 Å². The van der Waals surface area contributed by atoms with E-state index in [2.05, 4.69) is 6.92 Å². The van der Waals surface area contributed by atoms with Crippen LogP contribution in [0.2, 0.25) is 10.0 Å². The van der Waals surface area contributed by atoms with Crippen molar-refractivity contribution in [3.05, 3.63) is 51.7 Å². The monoisotopic (exact) mass is 419 g/mol. The van der Waals surface area contributed by atoms with Crippen LogP contribution in [0.25, 0.3) is 17.4 Å². The molecule has 2 aromatic rings. The summed E-state index contributed by atoms with van der Waals surface area (Å²) in [5.41, 5.74) is 0.652. The van der Waals surface area contributed by atoms with Crippen LogP contribution in [0.4, 0.5) is 0 Å². The van der Waals surface area contributed by atoms with Crippen molar-refractivity contribution in [2.24, 2.45) is 0 Å². The normalized spacial score (nSPS) is 11.3. The van der Waals surface area contributed by atoms with Gasteiger partial charge in [-0.15, -0.1) is 0 Å². The fraction of sp³-hybridized carbons (Fsp3) is 0.364. The van der Waals surface area contributed by atoms with E-state index in [0.29, 0.717) is 28.2 Å². The number of unbranched alkanes of at least 4 members (excludes halogenated alkanes) is 5. The van der Waals surface area contributed by atoms with Crippen molar-refractivity contribution in [2.45, 2.75) is 45.4 Å². The first kappa shape index (κ1) is 22.1. The van der Waals surface area contributed by atoms with E-state index >= 15 is 0 Å². The largest absolute Gasteiger partial charge is 0.462 e. The van der Waals surface area contributed by atoms with Crippen LogP contribution in [0, 0.1) is 11.3 Å². The first-order chi connectivity index (χ1) is 13.5. The average molecular weight is 420 g/mol. The maximum absolute atomic E-state index is 12.1. The van der Waals surface area contributed by atoms with Gasteiger partial charge in [0.15, 0.2) is 0 Å². The van der Waals surface area contributed by atoms with Crippen LogP contribution in [0.3, 0.4) is 0 Å². The summed E-state index contributed by atoms with van der Waals surface area (Å²) in [7, 11) is 0. The molecule has 0 saturated carbocycles. The van der Waals surface area contributed by atoms with Gasteiger partial charge in [0.05, 0.1) is 16.7 Å². The first-order valence-corrected chi connectivity index (χ1v) is 10.1. The molecule has 1 heterocycles. The Hall–Kier alpha value is -2.22. The standard InChI is InChI=1S/C22H23Cl2NO3/c1-2-3-4-5-6-7-12-27-22(26)17(15-25)13-18-9-11-21(28-18)16-8-10-19(23)20(24)14-16/h8-11,13-14H,2-7,12H2,1H3/b17-13+. The number of carbonyl (C=O) groups is 1. The van der Waals surface area contributed by atoms with E-state index in [4.69, 9.17) is 32.4 Å². The van der Waals surface area contributed by atoms with Gasteiger partial charge in [0.2, 0.25) is 0 Å². The summed E-state index contributed by atoms with van der Waals surface area (Å²) in [5.74, 6) is 0.306. The lowest BCUT2D eigenvalue weighted by Gasteiger charge is -2.04. The summed E-state index contributed by atoms with van der Waals surface area (Å²) in [5, 5.41) is 10.1. The van der Waals surface area contributed by atoms with Gasteiger partial charge in [-0.05, 0) is 36.8 Å². The van der Waals surface area contributed by atoms with Gasteiger partial charge in [0, 0.05) is 11.6 Å². The summed E-state index contributed by atoms with van der Waals surface area (Å²) in [6.07, 6.45) is 7.97. The number of nitriles is 1. The molecular weight excluding hydrogens is 397 g/mol. The predicted octanol–water partition coefficient (Wildman–Crippen LogP) is 7.06. The number of halogens is 2. The van der Waals surface area contributed by atoms with Gasteiger partial charge < -0.3 is 9.15 Å². The molecule has 0 spiro atoms. The summed E-state index contributed by atoms with van der Waals surface area (Å²) in [4.78, 5) is 12.1. The Morgan fingerprint density at radius 1 is 1.11 bits per heavy atom. The van der Waals surface area contributed by atoms with E-state index in [1.807, 2.05) is 6.07 Å². The Labute approximate surface area is 175 Å². The third-order valence-corrected chi connectivity index (χ3v) is 4.93. The second-order valence-electron chi connectivity index (χ2n) is 6.40. The fourth-order valence-electron chi connectivity index (χ4n) is 2.64. The van der Waals surface area contributed by atoms with Gasteiger partial charge in [-0.3, -0.25) is 0 Å². The number of hydrogen-bond donors (Lipinski definition) is 0. The Balaban J connectivity index is 1.93. The summed E-state index contributed by atoms with van der Waals surface area (Å²) in [6, 6.07) is 10.4. The lowest BCUT2D eigenvalue weighted by atomic mass is 10.1. The number of hydrogen-bond acceptors (Lipinski definition) is 4. The molecule has 0 atom stereocenters. The van der Waals surface area contributed by atoms with Crippen LogP contribution < -0.4 is 0 Å². The van der Waals surface area contributed by atoms with Crippen molar-refractivity contribution >= 4 is 35.2 Å². The van der Waals surface area contributed by atoms with Gasteiger partial charge in [-0.1, -0.05) is 62.2 Å². The lowest BCUT2D eigenvalue weighted by molar-refractivity contribution is -0.138. The second-order valence-corrected chi connectivity index (χ2v) is 7.22. The zero-order chi connectivity index (χ0) is 20.4. The van der Waals surface area contributed by atoms with Crippen molar-refractivity contribution in [3.8, 4) is 17.4 Å². The summed E-state index contributed by atoms with van der Waals surface area (Å²) >= 11 is 11.9. The molecule has 4 nitrogen and oxygen atoms in total. The fourth-order valence-corrected chi connectivity index (χ4v) is 2.94. The number of benzene rings is 1. The van der Waals surface area contributed by atoms with Crippen LogP contribution in [0.15, 0.2) is 40.3 Å². The second kappa shape index (κ2) is 11.6. The summed E-state index contributed by atoms with van der Waals surface area (Å²) < 4.78 is 10.9. The van der Waals surface area contributed by atoms with Crippen molar-refractivity contribution in [3.63, 3.8) is 0 Å². The van der Waals surface area contributed by atoms with Gasteiger partial charge in [-0.25, -0.2) is 4.79 Å². The van der Waals surface area contributed by atoms with Gasteiger partial charge in [0.1, 0.15) is 23.2 Å². The van der Waals surface area contributed by atoms with Crippen molar-refractivity contribution in [2.75, 3.05) is 6.61 Å². The van der Waals surface area contributed by atoms with Gasteiger partial charge >= 0.3 is 5.97 Å². The molecule has 0 aliphatic carbocycles.